The molecule has 1 saturated carbocycles. The topological polar surface area (TPSA) is 85.1 Å². The van der Waals surface area contributed by atoms with Crippen molar-refractivity contribution in [2.45, 2.75) is 44.3 Å². The van der Waals surface area contributed by atoms with Crippen LogP contribution in [0.2, 0.25) is 0 Å². The summed E-state index contributed by atoms with van der Waals surface area (Å²) in [5, 5.41) is 7.06. The van der Waals surface area contributed by atoms with Gasteiger partial charge >= 0.3 is 0 Å². The van der Waals surface area contributed by atoms with Crippen LogP contribution in [0.1, 0.15) is 31.2 Å². The molecule has 6 heteroatoms. The molecule has 1 aliphatic carbocycles. The van der Waals surface area contributed by atoms with E-state index in [4.69, 9.17) is 10.5 Å². The molecule has 6 nitrogen and oxygen atoms in total. The molecule has 2 aromatic rings. The Labute approximate surface area is 149 Å². The zero-order chi connectivity index (χ0) is 17.6. The number of nitrogens with zero attached hydrogens (tertiary/aromatic N) is 2. The van der Waals surface area contributed by atoms with Gasteiger partial charge in [0.05, 0.1) is 7.11 Å². The van der Waals surface area contributed by atoms with E-state index in [0.29, 0.717) is 12.1 Å². The van der Waals surface area contributed by atoms with Crippen molar-refractivity contribution in [3.63, 3.8) is 0 Å². The summed E-state index contributed by atoms with van der Waals surface area (Å²) in [4.78, 5) is 8.15. The Morgan fingerprint density at radius 3 is 2.40 bits per heavy atom. The van der Waals surface area contributed by atoms with Gasteiger partial charge in [0.2, 0.25) is 5.95 Å². The Hall–Kier alpha value is -2.18. The number of methoxy groups -OCH3 is 1. The zero-order valence-electron chi connectivity index (χ0n) is 15.0. The lowest BCUT2D eigenvalue weighted by Gasteiger charge is -2.29. The normalized spacial score (nSPS) is 20.4. The van der Waals surface area contributed by atoms with Gasteiger partial charge in [-0.25, -0.2) is 9.97 Å². The molecule has 0 spiro atoms. The van der Waals surface area contributed by atoms with E-state index in [9.17, 15) is 0 Å². The Morgan fingerprint density at radius 1 is 1.08 bits per heavy atom. The van der Waals surface area contributed by atoms with Crippen molar-refractivity contribution in [2.24, 2.45) is 0 Å². The van der Waals surface area contributed by atoms with Gasteiger partial charge in [-0.3, -0.25) is 0 Å². The van der Waals surface area contributed by atoms with Crippen LogP contribution in [0, 0.1) is 0 Å². The fourth-order valence-corrected chi connectivity index (χ4v) is 3.42. The lowest BCUT2D eigenvalue weighted by atomic mass is 9.91. The monoisotopic (exact) mass is 341 g/mol. The molecule has 0 radical (unpaired) electrons. The number of nitrogens with two attached hydrogens (primary N) is 1. The molecule has 0 saturated heterocycles. The van der Waals surface area contributed by atoms with Crippen LogP contribution in [-0.4, -0.2) is 36.2 Å². The van der Waals surface area contributed by atoms with E-state index in [0.717, 1.165) is 29.0 Å². The van der Waals surface area contributed by atoms with E-state index >= 15 is 0 Å². The molecular weight excluding hydrogens is 314 g/mol. The highest BCUT2D eigenvalue weighted by Crippen LogP contribution is 2.27. The largest absolute Gasteiger partial charge is 0.496 e. The first kappa shape index (κ1) is 17.6. The Balaban J connectivity index is 1.69. The van der Waals surface area contributed by atoms with Crippen LogP contribution in [0.15, 0.2) is 30.6 Å². The van der Waals surface area contributed by atoms with Gasteiger partial charge in [-0.05, 0) is 50.4 Å². The molecule has 134 valence electrons. The number of benzene rings is 1. The minimum absolute atomic E-state index is 0.288. The van der Waals surface area contributed by atoms with Gasteiger partial charge in [-0.2, -0.15) is 0 Å². The molecule has 25 heavy (non-hydrogen) atoms. The highest BCUT2D eigenvalue weighted by molar-refractivity contribution is 5.64. The molecule has 0 aliphatic heterocycles. The number of aromatic nitrogens is 2. The van der Waals surface area contributed by atoms with E-state index in [-0.39, 0.29) is 5.95 Å². The summed E-state index contributed by atoms with van der Waals surface area (Å²) in [5.41, 5.74) is 8.74. The maximum atomic E-state index is 5.57. The van der Waals surface area contributed by atoms with Crippen LogP contribution in [0.3, 0.4) is 0 Å². The smallest absolute Gasteiger partial charge is 0.219 e. The van der Waals surface area contributed by atoms with Crippen molar-refractivity contribution < 1.29 is 4.74 Å². The molecule has 1 fully saturated rings. The van der Waals surface area contributed by atoms with Crippen LogP contribution < -0.4 is 21.1 Å². The maximum Gasteiger partial charge on any atom is 0.219 e. The number of hydrogen-bond acceptors (Lipinski definition) is 6. The molecule has 3 rings (SSSR count). The maximum absolute atomic E-state index is 5.57. The molecule has 1 aromatic carbocycles. The van der Waals surface area contributed by atoms with E-state index < -0.39 is 0 Å². The van der Waals surface area contributed by atoms with Crippen molar-refractivity contribution in [3.05, 3.63) is 36.2 Å². The number of nitrogen functional groups attached to an aromatic ring is 1. The third kappa shape index (κ3) is 4.46. The molecule has 0 unspecified atom stereocenters. The predicted molar refractivity (Wildman–Crippen MR) is 100 cm³/mol. The zero-order valence-corrected chi connectivity index (χ0v) is 15.0. The van der Waals surface area contributed by atoms with Gasteiger partial charge in [-0.15, -0.1) is 0 Å². The number of anilines is 1. The molecule has 1 aromatic heterocycles. The predicted octanol–water partition coefficient (Wildman–Crippen LogP) is 2.35. The summed E-state index contributed by atoms with van der Waals surface area (Å²) in [6.45, 7) is 0.793. The second-order valence-electron chi connectivity index (χ2n) is 6.57. The van der Waals surface area contributed by atoms with Crippen LogP contribution in [0.5, 0.6) is 5.75 Å². The summed E-state index contributed by atoms with van der Waals surface area (Å²) in [6.07, 6.45) is 8.38. The molecule has 4 N–H and O–H groups in total. The van der Waals surface area contributed by atoms with Crippen molar-refractivity contribution in [3.8, 4) is 16.9 Å². The Morgan fingerprint density at radius 2 is 1.76 bits per heavy atom. The van der Waals surface area contributed by atoms with Crippen LogP contribution in [-0.2, 0) is 6.54 Å². The number of ether oxygens (including phenoxy) is 1. The molecular formula is C19H27N5O. The summed E-state index contributed by atoms with van der Waals surface area (Å²) in [6, 6.07) is 7.40. The van der Waals surface area contributed by atoms with E-state index in [1.807, 2.05) is 12.1 Å². The minimum atomic E-state index is 0.288. The number of rotatable bonds is 6. The molecule has 1 heterocycles. The van der Waals surface area contributed by atoms with Crippen molar-refractivity contribution in [2.75, 3.05) is 19.9 Å². The molecule has 0 amide bonds. The molecule has 0 bridgehead atoms. The SMILES string of the molecule is CNC1CCC(NCc2cc(-c3cnc(N)nc3)ccc2OC)CC1. The number of nitrogens with one attached hydrogen (secondary N) is 2. The summed E-state index contributed by atoms with van der Waals surface area (Å²) in [5.74, 6) is 1.19. The van der Waals surface area contributed by atoms with Gasteiger partial charge in [-0.1, -0.05) is 6.07 Å². The first-order valence-corrected chi connectivity index (χ1v) is 8.85. The van der Waals surface area contributed by atoms with Gasteiger partial charge < -0.3 is 21.1 Å². The summed E-state index contributed by atoms with van der Waals surface area (Å²) >= 11 is 0. The third-order valence-electron chi connectivity index (χ3n) is 5.00. The van der Waals surface area contributed by atoms with E-state index in [1.165, 1.54) is 25.7 Å². The lowest BCUT2D eigenvalue weighted by Crippen LogP contribution is -2.38. The second-order valence-corrected chi connectivity index (χ2v) is 6.57. The first-order chi connectivity index (χ1) is 12.2. The quantitative estimate of drug-likeness (QED) is 0.748. The van der Waals surface area contributed by atoms with E-state index in [2.05, 4.69) is 33.7 Å². The van der Waals surface area contributed by atoms with Crippen molar-refractivity contribution in [1.82, 2.24) is 20.6 Å². The van der Waals surface area contributed by atoms with Gasteiger partial charge in [0.1, 0.15) is 5.75 Å². The Bertz CT molecular complexity index is 681. The third-order valence-corrected chi connectivity index (χ3v) is 5.00. The molecule has 1 aliphatic rings. The minimum Gasteiger partial charge on any atom is -0.496 e. The average Bonchev–Trinajstić information content (AvgIpc) is 2.67. The van der Waals surface area contributed by atoms with E-state index in [1.54, 1.807) is 19.5 Å². The summed E-state index contributed by atoms with van der Waals surface area (Å²) in [7, 11) is 3.76. The van der Waals surface area contributed by atoms with Gasteiger partial charge in [0.15, 0.2) is 0 Å². The van der Waals surface area contributed by atoms with Gasteiger partial charge in [0.25, 0.3) is 0 Å². The van der Waals surface area contributed by atoms with Crippen LogP contribution in [0.4, 0.5) is 5.95 Å². The highest BCUT2D eigenvalue weighted by atomic mass is 16.5. The first-order valence-electron chi connectivity index (χ1n) is 8.85. The van der Waals surface area contributed by atoms with Crippen LogP contribution >= 0.6 is 0 Å². The number of hydrogen-bond donors (Lipinski definition) is 3. The lowest BCUT2D eigenvalue weighted by molar-refractivity contribution is 0.315. The van der Waals surface area contributed by atoms with Gasteiger partial charge in [0, 0.05) is 42.1 Å². The van der Waals surface area contributed by atoms with Crippen molar-refractivity contribution >= 4 is 5.95 Å². The summed E-state index contributed by atoms with van der Waals surface area (Å²) < 4.78 is 5.53. The second kappa shape index (κ2) is 8.27. The van der Waals surface area contributed by atoms with Crippen LogP contribution in [0.25, 0.3) is 11.1 Å². The molecule has 0 atom stereocenters. The standard InChI is InChI=1S/C19H27N5O/c1-21-16-4-6-17(7-5-16)22-10-14-9-13(3-8-18(14)25-2)15-11-23-19(20)24-12-15/h3,8-9,11-12,16-17,21-22H,4-7,10H2,1-2H3,(H2,20,23,24). The highest BCUT2D eigenvalue weighted by Gasteiger charge is 2.19. The Kier molecular flexibility index (Phi) is 5.83. The fraction of sp³-hybridized carbons (Fsp3) is 0.474. The fourth-order valence-electron chi connectivity index (χ4n) is 3.42. The average molecular weight is 341 g/mol. The van der Waals surface area contributed by atoms with Crippen molar-refractivity contribution in [1.29, 1.82) is 0 Å².